The van der Waals surface area contributed by atoms with Crippen molar-refractivity contribution in [2.75, 3.05) is 19.6 Å². The summed E-state index contributed by atoms with van der Waals surface area (Å²) in [6, 6.07) is 10.3. The lowest BCUT2D eigenvalue weighted by Gasteiger charge is -2.32. The second-order valence-electron chi connectivity index (χ2n) is 5.83. The van der Waals surface area contributed by atoms with Gasteiger partial charge in [0.15, 0.2) is 0 Å². The number of amides is 1. The molecular formula is C17H26N2O3. The van der Waals surface area contributed by atoms with Crippen LogP contribution in [0.3, 0.4) is 0 Å². The van der Waals surface area contributed by atoms with Crippen molar-refractivity contribution in [3.05, 3.63) is 35.9 Å². The number of benzene rings is 1. The molecule has 122 valence electrons. The summed E-state index contributed by atoms with van der Waals surface area (Å²) in [6.07, 6.45) is 0.892. The van der Waals surface area contributed by atoms with Crippen LogP contribution in [-0.4, -0.2) is 41.5 Å². The molecule has 5 nitrogen and oxygen atoms in total. The second kappa shape index (κ2) is 9.20. The van der Waals surface area contributed by atoms with Gasteiger partial charge in [-0.2, -0.15) is 0 Å². The number of nitrogens with zero attached hydrogens (tertiary/aromatic N) is 1. The van der Waals surface area contributed by atoms with Crippen LogP contribution in [-0.2, 0) is 9.59 Å². The van der Waals surface area contributed by atoms with E-state index in [2.05, 4.69) is 43.1 Å². The molecule has 1 atom stereocenters. The fourth-order valence-electron chi connectivity index (χ4n) is 2.57. The second-order valence-corrected chi connectivity index (χ2v) is 5.83. The van der Waals surface area contributed by atoms with Gasteiger partial charge in [0.2, 0.25) is 5.91 Å². The molecule has 0 aliphatic rings. The lowest BCUT2D eigenvalue weighted by molar-refractivity contribution is -0.138. The molecule has 5 heteroatoms. The van der Waals surface area contributed by atoms with Gasteiger partial charge in [-0.25, -0.2) is 0 Å². The van der Waals surface area contributed by atoms with Gasteiger partial charge in [-0.15, -0.1) is 0 Å². The molecule has 0 heterocycles. The molecule has 0 aliphatic heterocycles. The van der Waals surface area contributed by atoms with Crippen molar-refractivity contribution in [2.45, 2.75) is 33.2 Å². The van der Waals surface area contributed by atoms with Crippen LogP contribution in [0.2, 0.25) is 0 Å². The first-order valence-electron chi connectivity index (χ1n) is 7.71. The Morgan fingerprint density at radius 2 is 1.86 bits per heavy atom. The van der Waals surface area contributed by atoms with Crippen molar-refractivity contribution >= 4 is 11.9 Å². The molecular weight excluding hydrogens is 280 g/mol. The topological polar surface area (TPSA) is 69.6 Å². The van der Waals surface area contributed by atoms with Crippen molar-refractivity contribution < 1.29 is 14.7 Å². The molecule has 0 aromatic heterocycles. The van der Waals surface area contributed by atoms with Crippen LogP contribution in [0.25, 0.3) is 0 Å². The van der Waals surface area contributed by atoms with Gasteiger partial charge in [0.25, 0.3) is 0 Å². The Labute approximate surface area is 132 Å². The average Bonchev–Trinajstić information content (AvgIpc) is 2.46. The average molecular weight is 306 g/mol. The molecule has 0 fully saturated rings. The Hall–Kier alpha value is -1.88. The van der Waals surface area contributed by atoms with Crippen molar-refractivity contribution in [1.29, 1.82) is 0 Å². The molecule has 0 saturated carbocycles. The van der Waals surface area contributed by atoms with Crippen LogP contribution in [0.5, 0.6) is 0 Å². The molecule has 1 rings (SSSR count). The van der Waals surface area contributed by atoms with Gasteiger partial charge < -0.3 is 10.4 Å². The largest absolute Gasteiger partial charge is 0.480 e. The summed E-state index contributed by atoms with van der Waals surface area (Å²) in [5.41, 5.74) is 1.18. The maximum Gasteiger partial charge on any atom is 0.322 e. The lowest BCUT2D eigenvalue weighted by Crippen LogP contribution is -2.42. The zero-order valence-electron chi connectivity index (χ0n) is 13.6. The van der Waals surface area contributed by atoms with E-state index >= 15 is 0 Å². The Morgan fingerprint density at radius 3 is 2.36 bits per heavy atom. The Kier molecular flexibility index (Phi) is 7.60. The van der Waals surface area contributed by atoms with E-state index < -0.39 is 5.97 Å². The summed E-state index contributed by atoms with van der Waals surface area (Å²) in [6.45, 7) is 6.98. The standard InChI is InChI=1S/C17H26N2O3/c1-4-15(14-8-6-5-7-9-14)19(11-13(2)3)12-16(20)18-10-17(21)22/h5-9,13,15H,4,10-12H2,1-3H3,(H,18,20)(H,21,22). The number of carboxylic acids is 1. The summed E-state index contributed by atoms with van der Waals surface area (Å²) in [4.78, 5) is 24.6. The van der Waals surface area contributed by atoms with Crippen molar-refractivity contribution in [3.8, 4) is 0 Å². The highest BCUT2D eigenvalue weighted by Crippen LogP contribution is 2.24. The normalized spacial score (nSPS) is 12.4. The first-order valence-corrected chi connectivity index (χ1v) is 7.71. The molecule has 0 bridgehead atoms. The lowest BCUT2D eigenvalue weighted by atomic mass is 10.0. The van der Waals surface area contributed by atoms with Crippen LogP contribution in [0.1, 0.15) is 38.8 Å². The molecule has 0 radical (unpaired) electrons. The highest BCUT2D eigenvalue weighted by molar-refractivity contribution is 5.82. The maximum absolute atomic E-state index is 12.0. The molecule has 1 amide bonds. The highest BCUT2D eigenvalue weighted by Gasteiger charge is 2.22. The van der Waals surface area contributed by atoms with E-state index in [0.717, 1.165) is 13.0 Å². The zero-order chi connectivity index (χ0) is 16.5. The van der Waals surface area contributed by atoms with E-state index in [4.69, 9.17) is 5.11 Å². The van der Waals surface area contributed by atoms with E-state index in [1.54, 1.807) is 0 Å². The van der Waals surface area contributed by atoms with E-state index in [1.165, 1.54) is 5.56 Å². The molecule has 2 N–H and O–H groups in total. The number of carbonyl (C=O) groups excluding carboxylic acids is 1. The smallest absolute Gasteiger partial charge is 0.322 e. The monoisotopic (exact) mass is 306 g/mol. The molecule has 1 aromatic carbocycles. The quantitative estimate of drug-likeness (QED) is 0.734. The summed E-state index contributed by atoms with van der Waals surface area (Å²) < 4.78 is 0. The fourth-order valence-corrected chi connectivity index (χ4v) is 2.57. The maximum atomic E-state index is 12.0. The van der Waals surface area contributed by atoms with Gasteiger partial charge in [-0.3, -0.25) is 14.5 Å². The van der Waals surface area contributed by atoms with Crippen LogP contribution >= 0.6 is 0 Å². The summed E-state index contributed by atoms with van der Waals surface area (Å²) in [7, 11) is 0. The van der Waals surface area contributed by atoms with Gasteiger partial charge in [0.05, 0.1) is 6.54 Å². The van der Waals surface area contributed by atoms with Gasteiger partial charge in [-0.1, -0.05) is 51.1 Å². The Bertz CT molecular complexity index is 474. The fraction of sp³-hybridized carbons (Fsp3) is 0.529. The molecule has 1 unspecified atom stereocenters. The number of rotatable bonds is 9. The van der Waals surface area contributed by atoms with E-state index in [1.807, 2.05) is 18.2 Å². The predicted molar refractivity (Wildman–Crippen MR) is 86.5 cm³/mol. The van der Waals surface area contributed by atoms with E-state index in [9.17, 15) is 9.59 Å². The van der Waals surface area contributed by atoms with Gasteiger partial charge in [0.1, 0.15) is 6.54 Å². The number of carbonyl (C=O) groups is 2. The SMILES string of the molecule is CCC(c1ccccc1)N(CC(=O)NCC(=O)O)CC(C)C. The minimum Gasteiger partial charge on any atom is -0.480 e. The number of nitrogens with one attached hydrogen (secondary N) is 1. The third-order valence-electron chi connectivity index (χ3n) is 3.39. The first-order chi connectivity index (χ1) is 10.4. The Balaban J connectivity index is 2.81. The van der Waals surface area contributed by atoms with E-state index in [0.29, 0.717) is 5.92 Å². The minimum atomic E-state index is -1.03. The summed E-state index contributed by atoms with van der Waals surface area (Å²) in [5, 5.41) is 11.1. The number of hydrogen-bond donors (Lipinski definition) is 2. The summed E-state index contributed by atoms with van der Waals surface area (Å²) in [5.74, 6) is -0.860. The molecule has 1 aromatic rings. The number of aliphatic carboxylic acids is 1. The van der Waals surface area contributed by atoms with Crippen molar-refractivity contribution in [3.63, 3.8) is 0 Å². The van der Waals surface area contributed by atoms with Crippen molar-refractivity contribution in [2.24, 2.45) is 5.92 Å². The molecule has 0 spiro atoms. The van der Waals surface area contributed by atoms with Gasteiger partial charge >= 0.3 is 5.97 Å². The van der Waals surface area contributed by atoms with Crippen LogP contribution < -0.4 is 5.32 Å². The van der Waals surface area contributed by atoms with Gasteiger partial charge in [-0.05, 0) is 17.9 Å². The van der Waals surface area contributed by atoms with Crippen LogP contribution in [0.4, 0.5) is 0 Å². The predicted octanol–water partition coefficient (Wildman–Crippen LogP) is 2.30. The third-order valence-corrected chi connectivity index (χ3v) is 3.39. The first kappa shape index (κ1) is 18.2. The molecule has 22 heavy (non-hydrogen) atoms. The van der Waals surface area contributed by atoms with E-state index in [-0.39, 0.29) is 25.0 Å². The van der Waals surface area contributed by atoms with Crippen LogP contribution in [0.15, 0.2) is 30.3 Å². The number of hydrogen-bond acceptors (Lipinski definition) is 3. The minimum absolute atomic E-state index is 0.152. The Morgan fingerprint density at radius 1 is 1.23 bits per heavy atom. The summed E-state index contributed by atoms with van der Waals surface area (Å²) >= 11 is 0. The van der Waals surface area contributed by atoms with Crippen molar-refractivity contribution in [1.82, 2.24) is 10.2 Å². The van der Waals surface area contributed by atoms with Crippen LogP contribution in [0, 0.1) is 5.92 Å². The zero-order valence-corrected chi connectivity index (χ0v) is 13.6. The van der Waals surface area contributed by atoms with Gasteiger partial charge in [0, 0.05) is 12.6 Å². The third kappa shape index (κ3) is 6.26. The molecule has 0 saturated heterocycles. The molecule has 0 aliphatic carbocycles. The highest BCUT2D eigenvalue weighted by atomic mass is 16.4. The number of carboxylic acid groups (broad SMARTS) is 1.